The Morgan fingerprint density at radius 2 is 2.07 bits per heavy atom. The van der Waals surface area contributed by atoms with Crippen molar-refractivity contribution in [2.24, 2.45) is 0 Å². The minimum absolute atomic E-state index is 0.173. The standard InChI is InChI=1S/C10H16ClN3O/c1-3-4-5-6-15-9-8(12)7(2)13-10(11)14-9/h3-6,12H2,1-2H3. The Morgan fingerprint density at radius 1 is 1.33 bits per heavy atom. The molecule has 5 heteroatoms. The number of nitrogen functional groups attached to an aromatic ring is 1. The van der Waals surface area contributed by atoms with Crippen molar-refractivity contribution >= 4 is 17.3 Å². The SMILES string of the molecule is CCCCCOc1nc(Cl)nc(C)c1N. The van der Waals surface area contributed by atoms with E-state index in [-0.39, 0.29) is 5.28 Å². The average Bonchev–Trinajstić information content (AvgIpc) is 2.19. The lowest BCUT2D eigenvalue weighted by atomic mass is 10.3. The second-order valence-corrected chi connectivity index (χ2v) is 3.69. The van der Waals surface area contributed by atoms with E-state index in [1.165, 1.54) is 0 Å². The minimum atomic E-state index is 0.173. The zero-order chi connectivity index (χ0) is 11.3. The van der Waals surface area contributed by atoms with Crippen LogP contribution in [0.4, 0.5) is 5.69 Å². The van der Waals surface area contributed by atoms with Gasteiger partial charge in [0.1, 0.15) is 5.69 Å². The molecule has 1 rings (SSSR count). The summed E-state index contributed by atoms with van der Waals surface area (Å²) in [5, 5.41) is 0.173. The molecule has 0 spiro atoms. The number of halogens is 1. The first-order chi connectivity index (χ1) is 7.15. The maximum absolute atomic E-state index is 5.76. The Kier molecular flexibility index (Phi) is 4.62. The third kappa shape index (κ3) is 3.55. The molecule has 0 bridgehead atoms. The molecule has 0 aromatic carbocycles. The van der Waals surface area contributed by atoms with E-state index in [0.29, 0.717) is 23.9 Å². The van der Waals surface area contributed by atoms with Crippen LogP contribution in [0.3, 0.4) is 0 Å². The molecule has 0 unspecified atom stereocenters. The molecule has 0 aliphatic rings. The number of rotatable bonds is 5. The van der Waals surface area contributed by atoms with Crippen molar-refractivity contribution in [1.82, 2.24) is 9.97 Å². The molecule has 84 valence electrons. The summed E-state index contributed by atoms with van der Waals surface area (Å²) in [6.45, 7) is 4.53. The Labute approximate surface area is 94.8 Å². The summed E-state index contributed by atoms with van der Waals surface area (Å²) < 4.78 is 5.44. The van der Waals surface area contributed by atoms with Gasteiger partial charge in [0.15, 0.2) is 0 Å². The van der Waals surface area contributed by atoms with Crippen LogP contribution < -0.4 is 10.5 Å². The molecule has 0 saturated carbocycles. The Balaban J connectivity index is 2.60. The highest BCUT2D eigenvalue weighted by Crippen LogP contribution is 2.22. The topological polar surface area (TPSA) is 61.0 Å². The fraction of sp³-hybridized carbons (Fsp3) is 0.600. The van der Waals surface area contributed by atoms with Crippen molar-refractivity contribution in [2.45, 2.75) is 33.1 Å². The molecule has 15 heavy (non-hydrogen) atoms. The van der Waals surface area contributed by atoms with Crippen molar-refractivity contribution in [1.29, 1.82) is 0 Å². The molecule has 1 aromatic heterocycles. The van der Waals surface area contributed by atoms with Gasteiger partial charge in [0.25, 0.3) is 0 Å². The molecule has 0 atom stereocenters. The fourth-order valence-electron chi connectivity index (χ4n) is 1.15. The molecule has 1 heterocycles. The van der Waals surface area contributed by atoms with Crippen LogP contribution in [-0.2, 0) is 0 Å². The summed E-state index contributed by atoms with van der Waals surface area (Å²) in [5.74, 6) is 0.392. The van der Waals surface area contributed by atoms with Crippen LogP contribution in [0.15, 0.2) is 0 Å². The lowest BCUT2D eigenvalue weighted by Gasteiger charge is -2.08. The van der Waals surface area contributed by atoms with E-state index < -0.39 is 0 Å². The van der Waals surface area contributed by atoms with Gasteiger partial charge in [-0.15, -0.1) is 0 Å². The monoisotopic (exact) mass is 229 g/mol. The molecule has 0 fully saturated rings. The van der Waals surface area contributed by atoms with E-state index >= 15 is 0 Å². The number of nitrogens with zero attached hydrogens (tertiary/aromatic N) is 2. The summed E-state index contributed by atoms with van der Waals surface area (Å²) in [7, 11) is 0. The molecule has 0 radical (unpaired) electrons. The third-order valence-electron chi connectivity index (χ3n) is 2.06. The highest BCUT2D eigenvalue weighted by molar-refractivity contribution is 6.28. The number of hydrogen-bond donors (Lipinski definition) is 1. The molecule has 1 aromatic rings. The summed E-state index contributed by atoms with van der Waals surface area (Å²) >= 11 is 5.70. The van der Waals surface area contributed by atoms with Crippen LogP contribution in [0.25, 0.3) is 0 Å². The number of anilines is 1. The van der Waals surface area contributed by atoms with Gasteiger partial charge in [0, 0.05) is 0 Å². The second kappa shape index (κ2) is 5.75. The zero-order valence-corrected chi connectivity index (χ0v) is 9.84. The van der Waals surface area contributed by atoms with Gasteiger partial charge in [-0.1, -0.05) is 19.8 Å². The number of aromatic nitrogens is 2. The first-order valence-corrected chi connectivity index (χ1v) is 5.45. The summed E-state index contributed by atoms with van der Waals surface area (Å²) in [6.07, 6.45) is 3.29. The van der Waals surface area contributed by atoms with Crippen molar-refractivity contribution in [3.05, 3.63) is 11.0 Å². The van der Waals surface area contributed by atoms with Crippen LogP contribution in [0.1, 0.15) is 31.9 Å². The number of nitrogens with two attached hydrogens (primary N) is 1. The van der Waals surface area contributed by atoms with Gasteiger partial charge in [-0.2, -0.15) is 4.98 Å². The van der Waals surface area contributed by atoms with E-state index in [1.807, 2.05) is 0 Å². The van der Waals surface area contributed by atoms with Crippen molar-refractivity contribution in [2.75, 3.05) is 12.3 Å². The summed E-state index contributed by atoms with van der Waals surface area (Å²) in [6, 6.07) is 0. The normalized spacial score (nSPS) is 10.3. The number of aryl methyl sites for hydroxylation is 1. The highest BCUT2D eigenvalue weighted by atomic mass is 35.5. The first-order valence-electron chi connectivity index (χ1n) is 5.07. The third-order valence-corrected chi connectivity index (χ3v) is 2.23. The molecular formula is C10H16ClN3O. The molecule has 0 aliphatic heterocycles. The smallest absolute Gasteiger partial charge is 0.241 e. The van der Waals surface area contributed by atoms with E-state index in [4.69, 9.17) is 22.1 Å². The van der Waals surface area contributed by atoms with E-state index in [1.54, 1.807) is 6.92 Å². The van der Waals surface area contributed by atoms with Crippen LogP contribution >= 0.6 is 11.6 Å². The van der Waals surface area contributed by atoms with Gasteiger partial charge in [-0.25, -0.2) is 4.98 Å². The van der Waals surface area contributed by atoms with E-state index in [2.05, 4.69) is 16.9 Å². The molecule has 2 N–H and O–H groups in total. The fourth-order valence-corrected chi connectivity index (χ4v) is 1.36. The van der Waals surface area contributed by atoms with Gasteiger partial charge < -0.3 is 10.5 Å². The Hall–Kier alpha value is -1.03. The van der Waals surface area contributed by atoms with Crippen molar-refractivity contribution in [3.8, 4) is 5.88 Å². The van der Waals surface area contributed by atoms with Gasteiger partial charge in [0.2, 0.25) is 11.2 Å². The zero-order valence-electron chi connectivity index (χ0n) is 9.09. The van der Waals surface area contributed by atoms with Gasteiger partial charge in [-0.3, -0.25) is 0 Å². The summed E-state index contributed by atoms with van der Waals surface area (Å²) in [5.41, 5.74) is 6.88. The van der Waals surface area contributed by atoms with Crippen LogP contribution in [0, 0.1) is 6.92 Å². The van der Waals surface area contributed by atoms with Gasteiger partial charge in [0.05, 0.1) is 12.3 Å². The van der Waals surface area contributed by atoms with Gasteiger partial charge in [-0.05, 0) is 24.9 Å². The van der Waals surface area contributed by atoms with Crippen LogP contribution in [-0.4, -0.2) is 16.6 Å². The predicted octanol–water partition coefficient (Wildman–Crippen LogP) is 2.59. The minimum Gasteiger partial charge on any atom is -0.476 e. The number of ether oxygens (including phenoxy) is 1. The quantitative estimate of drug-likeness (QED) is 0.623. The predicted molar refractivity (Wildman–Crippen MR) is 61.2 cm³/mol. The van der Waals surface area contributed by atoms with E-state index in [9.17, 15) is 0 Å². The van der Waals surface area contributed by atoms with Crippen LogP contribution in [0.5, 0.6) is 5.88 Å². The lowest BCUT2D eigenvalue weighted by molar-refractivity contribution is 0.296. The first kappa shape index (κ1) is 12.0. The maximum Gasteiger partial charge on any atom is 0.241 e. The van der Waals surface area contributed by atoms with Crippen molar-refractivity contribution in [3.63, 3.8) is 0 Å². The second-order valence-electron chi connectivity index (χ2n) is 3.35. The summed E-state index contributed by atoms with van der Waals surface area (Å²) in [4.78, 5) is 7.87. The largest absolute Gasteiger partial charge is 0.476 e. The molecule has 0 saturated heterocycles. The Bertz CT molecular complexity index is 331. The van der Waals surface area contributed by atoms with Crippen molar-refractivity contribution < 1.29 is 4.74 Å². The molecule has 0 aliphatic carbocycles. The highest BCUT2D eigenvalue weighted by Gasteiger charge is 2.08. The Morgan fingerprint density at radius 3 is 2.73 bits per heavy atom. The molecule has 0 amide bonds. The maximum atomic E-state index is 5.76. The van der Waals surface area contributed by atoms with E-state index in [0.717, 1.165) is 19.3 Å². The lowest BCUT2D eigenvalue weighted by Crippen LogP contribution is -2.05. The number of unbranched alkanes of at least 4 members (excludes halogenated alkanes) is 2. The van der Waals surface area contributed by atoms with Crippen LogP contribution in [0.2, 0.25) is 5.28 Å². The molecule has 4 nitrogen and oxygen atoms in total. The number of hydrogen-bond acceptors (Lipinski definition) is 4. The average molecular weight is 230 g/mol. The van der Waals surface area contributed by atoms with Gasteiger partial charge >= 0.3 is 0 Å². The molecular weight excluding hydrogens is 214 g/mol.